The normalized spacial score (nSPS) is 11.4. The van der Waals surface area contributed by atoms with E-state index in [1.807, 2.05) is 0 Å². The Hall–Kier alpha value is -3.77. The van der Waals surface area contributed by atoms with Gasteiger partial charge in [0.2, 0.25) is 10.0 Å². The van der Waals surface area contributed by atoms with Crippen LogP contribution in [0.2, 0.25) is 0 Å². The number of rotatable bonds is 10. The van der Waals surface area contributed by atoms with Crippen LogP contribution in [0.4, 0.5) is 11.4 Å². The molecule has 35 heavy (non-hydrogen) atoms. The van der Waals surface area contributed by atoms with Crippen molar-refractivity contribution in [2.75, 3.05) is 30.8 Å². The van der Waals surface area contributed by atoms with Crippen molar-refractivity contribution < 1.29 is 35.8 Å². The van der Waals surface area contributed by atoms with Gasteiger partial charge in [-0.1, -0.05) is 12.1 Å². The van der Waals surface area contributed by atoms with Crippen molar-refractivity contribution in [2.45, 2.75) is 10.6 Å². The van der Waals surface area contributed by atoms with Crippen LogP contribution in [0.15, 0.2) is 71.6 Å². The van der Waals surface area contributed by atoms with E-state index in [2.05, 4.69) is 14.2 Å². The first-order chi connectivity index (χ1) is 16.6. The third-order valence-electron chi connectivity index (χ3n) is 4.82. The fourth-order valence-electron chi connectivity index (χ4n) is 3.08. The number of carbonyl (C=O) groups excluding carboxylic acids is 1. The lowest BCUT2D eigenvalue weighted by molar-refractivity contribution is 0.0600. The third-order valence-corrected chi connectivity index (χ3v) is 7.46. The molecule has 0 heterocycles. The second kappa shape index (κ2) is 10.7. The van der Waals surface area contributed by atoms with E-state index in [9.17, 15) is 21.6 Å². The molecular weight excluding hydrogens is 496 g/mol. The molecular formula is C23H24N2O8S2. The van der Waals surface area contributed by atoms with E-state index < -0.39 is 26.0 Å². The van der Waals surface area contributed by atoms with Gasteiger partial charge in [-0.25, -0.2) is 21.6 Å². The molecule has 3 aromatic rings. The smallest absolute Gasteiger partial charge is 0.337 e. The Balaban J connectivity index is 1.70. The van der Waals surface area contributed by atoms with E-state index in [0.29, 0.717) is 16.9 Å². The van der Waals surface area contributed by atoms with Crippen molar-refractivity contribution in [1.29, 1.82) is 0 Å². The first-order valence-electron chi connectivity index (χ1n) is 10.1. The van der Waals surface area contributed by atoms with Crippen molar-refractivity contribution in [1.82, 2.24) is 0 Å². The molecule has 0 radical (unpaired) electrons. The summed E-state index contributed by atoms with van der Waals surface area (Å²) in [4.78, 5) is 11.4. The summed E-state index contributed by atoms with van der Waals surface area (Å²) in [5.74, 6) is -0.0851. The van der Waals surface area contributed by atoms with Gasteiger partial charge in [0.25, 0.3) is 10.0 Å². The van der Waals surface area contributed by atoms with Crippen LogP contribution in [0.3, 0.4) is 0 Å². The number of benzene rings is 3. The molecule has 0 spiro atoms. The first kappa shape index (κ1) is 25.8. The number of ether oxygens (including phenoxy) is 3. The zero-order valence-electron chi connectivity index (χ0n) is 19.1. The summed E-state index contributed by atoms with van der Waals surface area (Å²) in [6.45, 7) is 0. The highest BCUT2D eigenvalue weighted by Crippen LogP contribution is 2.31. The molecule has 2 N–H and O–H groups in total. The lowest BCUT2D eigenvalue weighted by Gasteiger charge is -2.13. The summed E-state index contributed by atoms with van der Waals surface area (Å²) in [7, 11) is -3.63. The van der Waals surface area contributed by atoms with Crippen molar-refractivity contribution >= 4 is 37.4 Å². The number of hydrogen-bond acceptors (Lipinski definition) is 8. The van der Waals surface area contributed by atoms with Gasteiger partial charge in [-0.2, -0.15) is 0 Å². The molecule has 0 atom stereocenters. The van der Waals surface area contributed by atoms with Crippen LogP contribution in [0.5, 0.6) is 11.5 Å². The molecule has 0 fully saturated rings. The summed E-state index contributed by atoms with van der Waals surface area (Å²) < 4.78 is 70.4. The number of esters is 1. The summed E-state index contributed by atoms with van der Waals surface area (Å²) >= 11 is 0. The predicted molar refractivity (Wildman–Crippen MR) is 131 cm³/mol. The molecule has 3 aromatic carbocycles. The summed E-state index contributed by atoms with van der Waals surface area (Å²) in [5.41, 5.74) is 1.18. The van der Waals surface area contributed by atoms with Gasteiger partial charge in [-0.15, -0.1) is 0 Å². The molecule has 0 unspecified atom stereocenters. The molecule has 3 rings (SSSR count). The first-order valence-corrected chi connectivity index (χ1v) is 13.2. The minimum absolute atomic E-state index is 0.0725. The van der Waals surface area contributed by atoms with E-state index in [0.717, 1.165) is 0 Å². The Bertz CT molecular complexity index is 1400. The van der Waals surface area contributed by atoms with E-state index >= 15 is 0 Å². The van der Waals surface area contributed by atoms with Gasteiger partial charge in [0.15, 0.2) is 0 Å². The van der Waals surface area contributed by atoms with Crippen LogP contribution in [0, 0.1) is 0 Å². The minimum atomic E-state index is -3.97. The maximum atomic E-state index is 12.8. The van der Waals surface area contributed by atoms with Gasteiger partial charge in [-0.3, -0.25) is 9.44 Å². The zero-order chi connectivity index (χ0) is 25.6. The third kappa shape index (κ3) is 6.64. The second-order valence-electron chi connectivity index (χ2n) is 7.25. The highest BCUT2D eigenvalue weighted by Gasteiger charge is 2.18. The molecule has 186 valence electrons. The van der Waals surface area contributed by atoms with Gasteiger partial charge >= 0.3 is 5.97 Å². The van der Waals surface area contributed by atoms with Crippen molar-refractivity contribution in [3.8, 4) is 11.5 Å². The molecule has 0 bridgehead atoms. The Morgan fingerprint density at radius 2 is 1.46 bits per heavy atom. The molecule has 0 amide bonds. The monoisotopic (exact) mass is 520 g/mol. The number of sulfonamides is 2. The minimum Gasteiger partial charge on any atom is -0.497 e. The quantitative estimate of drug-likeness (QED) is 0.389. The van der Waals surface area contributed by atoms with Crippen LogP contribution in [-0.4, -0.2) is 44.1 Å². The average Bonchev–Trinajstić information content (AvgIpc) is 2.83. The second-order valence-corrected chi connectivity index (χ2v) is 10.7. The maximum Gasteiger partial charge on any atom is 0.337 e. The summed E-state index contributed by atoms with van der Waals surface area (Å²) in [5, 5.41) is 0. The fourth-order valence-corrected chi connectivity index (χ4v) is 5.35. The van der Waals surface area contributed by atoms with Gasteiger partial charge in [0, 0.05) is 11.8 Å². The number of hydrogen-bond donors (Lipinski definition) is 2. The van der Waals surface area contributed by atoms with Gasteiger partial charge in [0.05, 0.1) is 43.2 Å². The molecule has 0 saturated heterocycles. The highest BCUT2D eigenvalue weighted by atomic mass is 32.2. The van der Waals surface area contributed by atoms with Crippen LogP contribution in [0.1, 0.15) is 15.9 Å². The Morgan fingerprint density at radius 1 is 0.800 bits per heavy atom. The SMILES string of the molecule is COC(=O)c1ccc(CS(=O)(=O)Nc2ccc(S(=O)(=O)Nc3ccc(OC)cc3OC)cc2)cc1. The largest absolute Gasteiger partial charge is 0.497 e. The van der Waals surface area contributed by atoms with Crippen molar-refractivity contribution in [2.24, 2.45) is 0 Å². The van der Waals surface area contributed by atoms with Crippen LogP contribution < -0.4 is 18.9 Å². The molecule has 0 saturated carbocycles. The number of carbonyl (C=O) groups is 1. The molecule has 10 nitrogen and oxygen atoms in total. The molecule has 0 aromatic heterocycles. The highest BCUT2D eigenvalue weighted by molar-refractivity contribution is 7.92. The van der Waals surface area contributed by atoms with Crippen LogP contribution in [-0.2, 0) is 30.5 Å². The number of nitrogens with one attached hydrogen (secondary N) is 2. The molecule has 0 aliphatic carbocycles. The standard InChI is InChI=1S/C23H24N2O8S2/c1-31-19-10-13-21(22(14-19)32-2)25-35(29,30)20-11-8-18(9-12-20)24-34(27,28)15-16-4-6-17(7-5-16)23(26)33-3/h4-14,24-25H,15H2,1-3H3. The molecule has 12 heteroatoms. The topological polar surface area (TPSA) is 137 Å². The predicted octanol–water partition coefficient (Wildman–Crippen LogP) is 3.23. The molecule has 0 aliphatic heterocycles. The zero-order valence-corrected chi connectivity index (χ0v) is 20.8. The Labute approximate surface area is 203 Å². The summed E-state index contributed by atoms with van der Waals surface area (Å²) in [6.07, 6.45) is 0. The fraction of sp³-hybridized carbons (Fsp3) is 0.174. The van der Waals surface area contributed by atoms with Gasteiger partial charge in [-0.05, 0) is 54.1 Å². The van der Waals surface area contributed by atoms with Crippen molar-refractivity contribution in [3.05, 3.63) is 77.9 Å². The molecule has 0 aliphatic rings. The van der Waals surface area contributed by atoms with Crippen LogP contribution >= 0.6 is 0 Å². The maximum absolute atomic E-state index is 12.8. The summed E-state index contributed by atoms with van der Waals surface area (Å²) in [6, 6.07) is 15.9. The van der Waals surface area contributed by atoms with Gasteiger partial charge < -0.3 is 14.2 Å². The lowest BCUT2D eigenvalue weighted by atomic mass is 10.1. The van der Waals surface area contributed by atoms with Crippen LogP contribution in [0.25, 0.3) is 0 Å². The van der Waals surface area contributed by atoms with E-state index in [1.54, 1.807) is 12.1 Å². The van der Waals surface area contributed by atoms with Gasteiger partial charge in [0.1, 0.15) is 11.5 Å². The van der Waals surface area contributed by atoms with Crippen molar-refractivity contribution in [3.63, 3.8) is 0 Å². The Kier molecular flexibility index (Phi) is 7.87. The number of methoxy groups -OCH3 is 3. The lowest BCUT2D eigenvalue weighted by Crippen LogP contribution is -2.16. The van der Waals surface area contributed by atoms with E-state index in [-0.39, 0.29) is 27.8 Å². The number of anilines is 2. The Morgan fingerprint density at radius 3 is 2.03 bits per heavy atom. The average molecular weight is 521 g/mol. The van der Waals surface area contributed by atoms with E-state index in [1.165, 1.54) is 75.9 Å². The van der Waals surface area contributed by atoms with E-state index in [4.69, 9.17) is 9.47 Å².